The third-order valence-corrected chi connectivity index (χ3v) is 5.18. The molecule has 4 heteroatoms. The number of aromatic nitrogens is 2. The Hall–Kier alpha value is -2.55. The van der Waals surface area contributed by atoms with Crippen molar-refractivity contribution in [3.63, 3.8) is 0 Å². The van der Waals surface area contributed by atoms with E-state index < -0.39 is 0 Å². The number of aromatic amines is 1. The molecule has 0 saturated carbocycles. The molecule has 2 aromatic heterocycles. The smallest absolute Gasteiger partial charge is 0.0839 e. The molecule has 0 spiro atoms. The van der Waals surface area contributed by atoms with Gasteiger partial charge in [-0.25, -0.2) is 4.98 Å². The zero-order chi connectivity index (χ0) is 17.0. The van der Waals surface area contributed by atoms with Crippen molar-refractivity contribution < 1.29 is 0 Å². The van der Waals surface area contributed by atoms with E-state index in [4.69, 9.17) is 28.2 Å². The molecule has 0 saturated heterocycles. The maximum atomic E-state index is 6.50. The largest absolute Gasteiger partial charge is 0.354 e. The molecule has 0 radical (unpaired) electrons. The Morgan fingerprint density at radius 3 is 2.20 bits per heavy atom. The number of rotatable bonds is 1. The summed E-state index contributed by atoms with van der Waals surface area (Å²) in [6, 6.07) is 21.9. The minimum atomic E-state index is 0.599. The number of fused-ring (bicyclic) bond motifs is 5. The van der Waals surface area contributed by atoms with Gasteiger partial charge in [0.15, 0.2) is 0 Å². The molecular formula is C21H12Cl2N2. The lowest BCUT2D eigenvalue weighted by Crippen LogP contribution is -1.90. The van der Waals surface area contributed by atoms with E-state index in [0.717, 1.165) is 44.0 Å². The summed E-state index contributed by atoms with van der Waals surface area (Å²) < 4.78 is 0. The van der Waals surface area contributed by atoms with Gasteiger partial charge < -0.3 is 4.98 Å². The Kier molecular flexibility index (Phi) is 3.24. The fourth-order valence-corrected chi connectivity index (χ4v) is 4.03. The van der Waals surface area contributed by atoms with E-state index in [0.29, 0.717) is 10.0 Å². The molecule has 3 aromatic carbocycles. The van der Waals surface area contributed by atoms with Crippen LogP contribution in [0.15, 0.2) is 66.7 Å². The fourth-order valence-electron chi connectivity index (χ4n) is 3.45. The predicted octanol–water partition coefficient (Wildman–Crippen LogP) is 6.84. The van der Waals surface area contributed by atoms with Crippen molar-refractivity contribution in [2.45, 2.75) is 0 Å². The summed E-state index contributed by atoms with van der Waals surface area (Å²) in [5, 5.41) is 4.44. The summed E-state index contributed by atoms with van der Waals surface area (Å²) in [5.41, 5.74) is 4.61. The van der Waals surface area contributed by atoms with Crippen molar-refractivity contribution >= 4 is 55.9 Å². The summed E-state index contributed by atoms with van der Waals surface area (Å²) in [4.78, 5) is 8.47. The van der Waals surface area contributed by atoms with Gasteiger partial charge in [-0.3, -0.25) is 0 Å². The quantitative estimate of drug-likeness (QED) is 0.347. The SMILES string of the molecule is Clc1cccc(Cl)c1-c1nc2ccccc2c2[nH]c3ccccc3c12. The lowest BCUT2D eigenvalue weighted by atomic mass is 10.0. The Morgan fingerprint density at radius 2 is 1.40 bits per heavy atom. The number of para-hydroxylation sites is 2. The molecule has 0 aliphatic carbocycles. The Bertz CT molecular complexity index is 1250. The van der Waals surface area contributed by atoms with Crippen LogP contribution in [0, 0.1) is 0 Å². The number of nitrogens with zero attached hydrogens (tertiary/aromatic N) is 1. The molecule has 25 heavy (non-hydrogen) atoms. The monoisotopic (exact) mass is 362 g/mol. The molecule has 120 valence electrons. The van der Waals surface area contributed by atoms with Crippen LogP contribution in [0.5, 0.6) is 0 Å². The van der Waals surface area contributed by atoms with Crippen LogP contribution in [0.1, 0.15) is 0 Å². The Morgan fingerprint density at radius 1 is 0.720 bits per heavy atom. The zero-order valence-electron chi connectivity index (χ0n) is 13.1. The van der Waals surface area contributed by atoms with Gasteiger partial charge in [0.1, 0.15) is 0 Å². The lowest BCUT2D eigenvalue weighted by molar-refractivity contribution is 1.42. The van der Waals surface area contributed by atoms with E-state index in [9.17, 15) is 0 Å². The summed E-state index contributed by atoms with van der Waals surface area (Å²) in [5.74, 6) is 0. The number of halogens is 2. The van der Waals surface area contributed by atoms with E-state index >= 15 is 0 Å². The Labute approximate surface area is 154 Å². The van der Waals surface area contributed by atoms with Gasteiger partial charge in [0, 0.05) is 27.2 Å². The molecule has 2 nitrogen and oxygen atoms in total. The second-order valence-electron chi connectivity index (χ2n) is 5.99. The van der Waals surface area contributed by atoms with E-state index in [1.807, 2.05) is 48.5 Å². The molecule has 2 heterocycles. The van der Waals surface area contributed by atoms with Crippen LogP contribution in [0.2, 0.25) is 10.0 Å². The Balaban J connectivity index is 2.07. The van der Waals surface area contributed by atoms with Crippen LogP contribution in [0.4, 0.5) is 0 Å². The third kappa shape index (κ3) is 2.15. The molecule has 0 aliphatic heterocycles. The highest BCUT2D eigenvalue weighted by atomic mass is 35.5. The normalized spacial score (nSPS) is 11.6. The number of H-pyrrole nitrogens is 1. The molecule has 0 aliphatic rings. The van der Waals surface area contributed by atoms with E-state index in [2.05, 4.69) is 23.2 Å². The van der Waals surface area contributed by atoms with Gasteiger partial charge in [0.2, 0.25) is 0 Å². The van der Waals surface area contributed by atoms with Crippen molar-refractivity contribution in [1.82, 2.24) is 9.97 Å². The zero-order valence-corrected chi connectivity index (χ0v) is 14.6. The highest BCUT2D eigenvalue weighted by Crippen LogP contribution is 2.42. The second kappa shape index (κ2) is 5.48. The molecule has 5 rings (SSSR count). The topological polar surface area (TPSA) is 28.7 Å². The second-order valence-corrected chi connectivity index (χ2v) is 6.81. The van der Waals surface area contributed by atoms with Crippen molar-refractivity contribution in [2.24, 2.45) is 0 Å². The van der Waals surface area contributed by atoms with Gasteiger partial charge in [-0.1, -0.05) is 65.7 Å². The molecular weight excluding hydrogens is 351 g/mol. The summed E-state index contributed by atoms with van der Waals surface area (Å²) >= 11 is 13.0. The van der Waals surface area contributed by atoms with Crippen LogP contribution in [0.25, 0.3) is 44.0 Å². The van der Waals surface area contributed by atoms with Gasteiger partial charge >= 0.3 is 0 Å². The van der Waals surface area contributed by atoms with E-state index in [1.54, 1.807) is 0 Å². The number of pyridine rings is 1. The van der Waals surface area contributed by atoms with Crippen molar-refractivity contribution in [3.05, 3.63) is 76.8 Å². The molecule has 0 atom stereocenters. The van der Waals surface area contributed by atoms with Gasteiger partial charge in [-0.2, -0.15) is 0 Å². The molecule has 1 N–H and O–H groups in total. The average Bonchev–Trinajstić information content (AvgIpc) is 3.01. The van der Waals surface area contributed by atoms with E-state index in [1.165, 1.54) is 0 Å². The fraction of sp³-hybridized carbons (Fsp3) is 0. The number of benzene rings is 3. The molecule has 0 bridgehead atoms. The highest BCUT2D eigenvalue weighted by molar-refractivity contribution is 6.40. The standard InChI is InChI=1S/C21H12Cl2N2/c22-14-8-5-9-15(23)19(14)21-18-12-6-1-3-10-16(12)24-20(18)13-7-2-4-11-17(13)25-21/h1-11,24H. The van der Waals surface area contributed by atoms with Gasteiger partial charge in [0.25, 0.3) is 0 Å². The van der Waals surface area contributed by atoms with Crippen LogP contribution < -0.4 is 0 Å². The van der Waals surface area contributed by atoms with Crippen molar-refractivity contribution in [3.8, 4) is 11.3 Å². The summed E-state index contributed by atoms with van der Waals surface area (Å²) in [6.45, 7) is 0. The molecule has 0 amide bonds. The average molecular weight is 363 g/mol. The highest BCUT2D eigenvalue weighted by Gasteiger charge is 2.18. The molecule has 0 unspecified atom stereocenters. The van der Waals surface area contributed by atoms with Gasteiger partial charge in [0.05, 0.1) is 26.8 Å². The van der Waals surface area contributed by atoms with Gasteiger partial charge in [-0.15, -0.1) is 0 Å². The third-order valence-electron chi connectivity index (χ3n) is 4.55. The van der Waals surface area contributed by atoms with Crippen molar-refractivity contribution in [2.75, 3.05) is 0 Å². The first-order valence-corrected chi connectivity index (χ1v) is 8.73. The van der Waals surface area contributed by atoms with Gasteiger partial charge in [-0.05, 0) is 24.3 Å². The first-order valence-electron chi connectivity index (χ1n) is 7.97. The maximum absolute atomic E-state index is 6.50. The maximum Gasteiger partial charge on any atom is 0.0839 e. The number of hydrogen-bond donors (Lipinski definition) is 1. The van der Waals surface area contributed by atoms with Crippen LogP contribution >= 0.6 is 23.2 Å². The number of nitrogens with one attached hydrogen (secondary N) is 1. The minimum absolute atomic E-state index is 0.599. The van der Waals surface area contributed by atoms with Crippen LogP contribution in [-0.4, -0.2) is 9.97 Å². The predicted molar refractivity (Wildman–Crippen MR) is 107 cm³/mol. The van der Waals surface area contributed by atoms with Crippen LogP contribution in [0.3, 0.4) is 0 Å². The van der Waals surface area contributed by atoms with Crippen LogP contribution in [-0.2, 0) is 0 Å². The number of hydrogen-bond acceptors (Lipinski definition) is 1. The molecule has 5 aromatic rings. The summed E-state index contributed by atoms with van der Waals surface area (Å²) in [6.07, 6.45) is 0. The first kappa shape index (κ1) is 14.8. The minimum Gasteiger partial charge on any atom is -0.354 e. The summed E-state index contributed by atoms with van der Waals surface area (Å²) in [7, 11) is 0. The van der Waals surface area contributed by atoms with E-state index in [-0.39, 0.29) is 0 Å². The molecule has 0 fully saturated rings. The lowest BCUT2D eigenvalue weighted by Gasteiger charge is -2.10. The first-order chi connectivity index (χ1) is 12.2. The van der Waals surface area contributed by atoms with Crippen molar-refractivity contribution in [1.29, 1.82) is 0 Å².